The molecule has 3 N–H and O–H groups in total. The van der Waals surface area contributed by atoms with Crippen molar-refractivity contribution in [2.75, 3.05) is 12.4 Å². The van der Waals surface area contributed by atoms with Crippen molar-refractivity contribution in [3.8, 4) is 11.5 Å². The molecule has 27 heavy (non-hydrogen) atoms. The van der Waals surface area contributed by atoms with E-state index in [0.29, 0.717) is 22.5 Å². The first kappa shape index (κ1) is 18.4. The van der Waals surface area contributed by atoms with Crippen LogP contribution in [0.5, 0.6) is 11.5 Å². The zero-order chi connectivity index (χ0) is 19.4. The third-order valence-corrected chi connectivity index (χ3v) is 3.64. The van der Waals surface area contributed by atoms with Gasteiger partial charge in [-0.05, 0) is 36.4 Å². The highest BCUT2D eigenvalue weighted by Gasteiger charge is 2.30. The maximum atomic E-state index is 12.1. The van der Waals surface area contributed by atoms with Gasteiger partial charge in [0.2, 0.25) is 0 Å². The van der Waals surface area contributed by atoms with E-state index in [4.69, 9.17) is 4.74 Å². The summed E-state index contributed by atoms with van der Waals surface area (Å²) in [6.07, 6.45) is -3.23. The van der Waals surface area contributed by atoms with Gasteiger partial charge in [0.25, 0.3) is 0 Å². The van der Waals surface area contributed by atoms with Crippen LogP contribution in [-0.4, -0.2) is 29.5 Å². The van der Waals surface area contributed by atoms with E-state index in [1.807, 2.05) is 6.07 Å². The molecule has 1 aromatic heterocycles. The second-order valence-electron chi connectivity index (χ2n) is 5.42. The average molecular weight is 380 g/mol. The predicted molar refractivity (Wildman–Crippen MR) is 91.6 cm³/mol. The molecular weight excluding hydrogens is 365 g/mol. The minimum atomic E-state index is -4.77. The van der Waals surface area contributed by atoms with Crippen LogP contribution in [0.2, 0.25) is 0 Å². The van der Waals surface area contributed by atoms with Gasteiger partial charge in [-0.3, -0.25) is 0 Å². The molecule has 3 rings (SSSR count). The molecule has 1 heterocycles. The lowest BCUT2D eigenvalue weighted by Gasteiger charge is -2.12. The van der Waals surface area contributed by atoms with Gasteiger partial charge in [-0.15, -0.1) is 13.2 Å². The first-order chi connectivity index (χ1) is 12.9. The molecule has 0 saturated carbocycles. The van der Waals surface area contributed by atoms with Crippen molar-refractivity contribution in [2.24, 2.45) is 0 Å². The van der Waals surface area contributed by atoms with E-state index in [0.717, 1.165) is 17.6 Å². The maximum absolute atomic E-state index is 12.1. The number of hydrogen-bond donors (Lipinski definition) is 3. The van der Waals surface area contributed by atoms with Gasteiger partial charge in [0, 0.05) is 11.3 Å². The van der Waals surface area contributed by atoms with E-state index in [1.54, 1.807) is 6.07 Å². The number of ether oxygens (including phenoxy) is 2. The first-order valence-corrected chi connectivity index (χ1v) is 7.75. The number of anilines is 1. The average Bonchev–Trinajstić information content (AvgIpc) is 3.09. The summed E-state index contributed by atoms with van der Waals surface area (Å²) in [6, 6.07) is 7.86. The summed E-state index contributed by atoms with van der Waals surface area (Å²) < 4.78 is 45.5. The van der Waals surface area contributed by atoms with Crippen LogP contribution in [0, 0.1) is 0 Å². The monoisotopic (exact) mass is 380 g/mol. The quantitative estimate of drug-likeness (QED) is 0.628. The number of amides is 2. The molecule has 142 valence electrons. The summed E-state index contributed by atoms with van der Waals surface area (Å²) in [6.45, 7) is 0.145. The Balaban J connectivity index is 1.63. The van der Waals surface area contributed by atoms with E-state index in [9.17, 15) is 18.0 Å². The number of methoxy groups -OCH3 is 1. The normalized spacial score (nSPS) is 11.3. The Morgan fingerprint density at radius 2 is 1.93 bits per heavy atom. The van der Waals surface area contributed by atoms with Gasteiger partial charge >= 0.3 is 12.4 Å². The summed E-state index contributed by atoms with van der Waals surface area (Å²) in [5.41, 5.74) is 2.48. The molecule has 3 aromatic rings. The molecule has 7 nitrogen and oxygen atoms in total. The fourth-order valence-corrected chi connectivity index (χ4v) is 2.49. The maximum Gasteiger partial charge on any atom is 0.573 e. The second-order valence-corrected chi connectivity index (χ2v) is 5.42. The molecule has 0 atom stereocenters. The summed E-state index contributed by atoms with van der Waals surface area (Å²) in [5, 5.41) is 5.19. The number of carbonyl (C=O) groups is 1. The Morgan fingerprint density at radius 3 is 2.59 bits per heavy atom. The fourth-order valence-electron chi connectivity index (χ4n) is 2.49. The predicted octanol–water partition coefficient (Wildman–Crippen LogP) is 3.79. The minimum absolute atomic E-state index is 0.145. The molecule has 2 amide bonds. The van der Waals surface area contributed by atoms with Crippen molar-refractivity contribution in [3.05, 3.63) is 48.3 Å². The van der Waals surface area contributed by atoms with Crippen LogP contribution in [0.25, 0.3) is 11.0 Å². The summed E-state index contributed by atoms with van der Waals surface area (Å²) >= 11 is 0. The molecule has 0 unspecified atom stereocenters. The Hall–Kier alpha value is -3.43. The van der Waals surface area contributed by atoms with E-state index in [2.05, 4.69) is 25.3 Å². The lowest BCUT2D eigenvalue weighted by Crippen LogP contribution is -2.28. The van der Waals surface area contributed by atoms with E-state index >= 15 is 0 Å². The van der Waals surface area contributed by atoms with Crippen LogP contribution >= 0.6 is 0 Å². The van der Waals surface area contributed by atoms with Crippen molar-refractivity contribution in [1.82, 2.24) is 15.3 Å². The Bertz CT molecular complexity index is 939. The number of alkyl halides is 3. The fraction of sp³-hybridized carbons (Fsp3) is 0.176. The highest BCUT2D eigenvalue weighted by Crippen LogP contribution is 2.26. The number of aromatic amines is 1. The van der Waals surface area contributed by atoms with Crippen LogP contribution in [0.4, 0.5) is 23.7 Å². The lowest BCUT2D eigenvalue weighted by atomic mass is 10.1. The zero-order valence-electron chi connectivity index (χ0n) is 14.1. The molecule has 2 aromatic carbocycles. The summed E-state index contributed by atoms with van der Waals surface area (Å²) in [5.74, 6) is 0.201. The molecule has 0 fully saturated rings. The number of halogens is 3. The number of urea groups is 1. The number of nitrogens with one attached hydrogen (secondary N) is 3. The number of nitrogens with zero attached hydrogens (tertiary/aromatic N) is 1. The number of rotatable bonds is 5. The van der Waals surface area contributed by atoms with Gasteiger partial charge in [0.15, 0.2) is 0 Å². The topological polar surface area (TPSA) is 88.3 Å². The first-order valence-electron chi connectivity index (χ1n) is 7.75. The smallest absolute Gasteiger partial charge is 0.496 e. The zero-order valence-corrected chi connectivity index (χ0v) is 14.1. The Kier molecular flexibility index (Phi) is 5.06. The molecule has 0 radical (unpaired) electrons. The van der Waals surface area contributed by atoms with Crippen molar-refractivity contribution in [2.45, 2.75) is 12.9 Å². The van der Waals surface area contributed by atoms with Crippen LogP contribution in [0.3, 0.4) is 0 Å². The van der Waals surface area contributed by atoms with Crippen LogP contribution in [-0.2, 0) is 6.54 Å². The molecule has 0 saturated heterocycles. The number of H-pyrrole nitrogens is 1. The van der Waals surface area contributed by atoms with E-state index in [-0.39, 0.29) is 12.3 Å². The number of carbonyl (C=O) groups excluding carboxylic acids is 1. The Morgan fingerprint density at radius 1 is 1.19 bits per heavy atom. The SMILES string of the molecule is COc1ccc2[nH]cnc2c1CNC(=O)Nc1ccc(OC(F)(F)F)cc1. The number of aromatic nitrogens is 2. The third-order valence-electron chi connectivity index (χ3n) is 3.64. The van der Waals surface area contributed by atoms with Gasteiger partial charge < -0.3 is 25.1 Å². The summed E-state index contributed by atoms with van der Waals surface area (Å²) in [7, 11) is 1.52. The van der Waals surface area contributed by atoms with Crippen LogP contribution < -0.4 is 20.1 Å². The van der Waals surface area contributed by atoms with Gasteiger partial charge in [-0.25, -0.2) is 9.78 Å². The molecular formula is C17H15F3N4O3. The third kappa shape index (κ3) is 4.60. The number of imidazole rings is 1. The molecule has 0 aliphatic carbocycles. The molecule has 0 aliphatic rings. The van der Waals surface area contributed by atoms with E-state index < -0.39 is 12.4 Å². The second kappa shape index (κ2) is 7.44. The van der Waals surface area contributed by atoms with Gasteiger partial charge in [-0.2, -0.15) is 0 Å². The van der Waals surface area contributed by atoms with Crippen molar-refractivity contribution in [1.29, 1.82) is 0 Å². The van der Waals surface area contributed by atoms with Crippen molar-refractivity contribution < 1.29 is 27.4 Å². The largest absolute Gasteiger partial charge is 0.573 e. The molecule has 10 heteroatoms. The summed E-state index contributed by atoms with van der Waals surface area (Å²) in [4.78, 5) is 19.3. The van der Waals surface area contributed by atoms with Crippen LogP contribution in [0.15, 0.2) is 42.7 Å². The van der Waals surface area contributed by atoms with Crippen molar-refractivity contribution >= 4 is 22.8 Å². The van der Waals surface area contributed by atoms with E-state index in [1.165, 1.54) is 25.6 Å². The standard InChI is InChI=1S/C17H15F3N4O3/c1-26-14-7-6-13-15(23-9-22-13)12(14)8-21-16(25)24-10-2-4-11(5-3-10)27-17(18,19)20/h2-7,9H,8H2,1H3,(H,22,23)(H2,21,24,25). The van der Waals surface area contributed by atoms with Gasteiger partial charge in [0.05, 0.1) is 31.0 Å². The molecule has 0 bridgehead atoms. The highest BCUT2D eigenvalue weighted by atomic mass is 19.4. The highest BCUT2D eigenvalue weighted by molar-refractivity contribution is 5.90. The molecule has 0 aliphatic heterocycles. The van der Waals surface area contributed by atoms with Crippen molar-refractivity contribution in [3.63, 3.8) is 0 Å². The lowest BCUT2D eigenvalue weighted by molar-refractivity contribution is -0.274. The van der Waals surface area contributed by atoms with Crippen LogP contribution in [0.1, 0.15) is 5.56 Å². The van der Waals surface area contributed by atoms with Gasteiger partial charge in [0.1, 0.15) is 11.5 Å². The van der Waals surface area contributed by atoms with Gasteiger partial charge in [-0.1, -0.05) is 0 Å². The minimum Gasteiger partial charge on any atom is -0.496 e. The number of hydrogen-bond acceptors (Lipinski definition) is 4. The number of fused-ring (bicyclic) bond motifs is 1. The number of benzene rings is 2. The molecule has 0 spiro atoms. The Labute approximate surface area is 151 Å².